The van der Waals surface area contributed by atoms with Crippen molar-refractivity contribution in [1.29, 1.82) is 0 Å². The molecule has 106 valence electrons. The molecule has 1 aromatic carbocycles. The van der Waals surface area contributed by atoms with Crippen molar-refractivity contribution in [2.24, 2.45) is 0 Å². The molecule has 0 bridgehead atoms. The maximum atomic E-state index is 12.1. The van der Waals surface area contributed by atoms with Crippen molar-refractivity contribution in [3.63, 3.8) is 0 Å². The molecule has 0 aliphatic carbocycles. The highest BCUT2D eigenvalue weighted by Crippen LogP contribution is 2.23. The minimum Gasteiger partial charge on any atom is -0.435 e. The zero-order valence-electron chi connectivity index (χ0n) is 10.7. The SMILES string of the molecule is CC(Nc1cncc(Br)c1)c1ccc(OC(F)F)cc1. The summed E-state index contributed by atoms with van der Waals surface area (Å²) >= 11 is 3.35. The highest BCUT2D eigenvalue weighted by Gasteiger charge is 2.08. The molecular weight excluding hydrogens is 330 g/mol. The quantitative estimate of drug-likeness (QED) is 0.860. The predicted molar refractivity (Wildman–Crippen MR) is 77.0 cm³/mol. The first-order valence-electron chi connectivity index (χ1n) is 5.96. The van der Waals surface area contributed by atoms with Crippen LogP contribution in [0.1, 0.15) is 18.5 Å². The average Bonchev–Trinajstić information content (AvgIpc) is 2.38. The monoisotopic (exact) mass is 342 g/mol. The van der Waals surface area contributed by atoms with Gasteiger partial charge in [0.2, 0.25) is 0 Å². The van der Waals surface area contributed by atoms with Crippen LogP contribution in [0, 0.1) is 0 Å². The maximum Gasteiger partial charge on any atom is 0.387 e. The second-order valence-corrected chi connectivity index (χ2v) is 5.12. The number of pyridine rings is 1. The van der Waals surface area contributed by atoms with Gasteiger partial charge in [0.25, 0.3) is 0 Å². The van der Waals surface area contributed by atoms with Crippen LogP contribution in [0.15, 0.2) is 47.2 Å². The topological polar surface area (TPSA) is 34.2 Å². The van der Waals surface area contributed by atoms with E-state index in [0.717, 1.165) is 15.7 Å². The lowest BCUT2D eigenvalue weighted by Crippen LogP contribution is -2.07. The van der Waals surface area contributed by atoms with Gasteiger partial charge in [-0.1, -0.05) is 12.1 Å². The third-order valence-electron chi connectivity index (χ3n) is 2.69. The number of aromatic nitrogens is 1. The molecule has 0 radical (unpaired) electrons. The number of halogens is 3. The Labute approximate surface area is 124 Å². The number of nitrogens with one attached hydrogen (secondary N) is 1. The largest absolute Gasteiger partial charge is 0.435 e. The molecule has 2 rings (SSSR count). The number of ether oxygens (including phenoxy) is 1. The fourth-order valence-electron chi connectivity index (χ4n) is 1.76. The van der Waals surface area contributed by atoms with E-state index in [0.29, 0.717) is 0 Å². The van der Waals surface area contributed by atoms with Crippen molar-refractivity contribution < 1.29 is 13.5 Å². The van der Waals surface area contributed by atoms with Gasteiger partial charge in [0.05, 0.1) is 11.9 Å². The summed E-state index contributed by atoms with van der Waals surface area (Å²) in [6.07, 6.45) is 3.42. The van der Waals surface area contributed by atoms with Gasteiger partial charge in [0, 0.05) is 16.7 Å². The van der Waals surface area contributed by atoms with Gasteiger partial charge in [-0.2, -0.15) is 8.78 Å². The van der Waals surface area contributed by atoms with Gasteiger partial charge in [-0.05, 0) is 46.6 Å². The minimum atomic E-state index is -2.80. The van der Waals surface area contributed by atoms with Crippen LogP contribution in [0.2, 0.25) is 0 Å². The summed E-state index contributed by atoms with van der Waals surface area (Å²) in [6, 6.07) is 8.49. The molecular formula is C14H13BrF2N2O. The van der Waals surface area contributed by atoms with Crippen LogP contribution in [-0.2, 0) is 0 Å². The lowest BCUT2D eigenvalue weighted by atomic mass is 10.1. The zero-order chi connectivity index (χ0) is 14.5. The zero-order valence-corrected chi connectivity index (χ0v) is 12.3. The van der Waals surface area contributed by atoms with Gasteiger partial charge < -0.3 is 10.1 Å². The Kier molecular flexibility index (Phi) is 4.89. The number of benzene rings is 1. The van der Waals surface area contributed by atoms with Crippen molar-refractivity contribution in [2.75, 3.05) is 5.32 Å². The minimum absolute atomic E-state index is 0.0201. The third-order valence-corrected chi connectivity index (χ3v) is 3.13. The van der Waals surface area contributed by atoms with Gasteiger partial charge in [-0.15, -0.1) is 0 Å². The van der Waals surface area contributed by atoms with E-state index in [-0.39, 0.29) is 11.8 Å². The van der Waals surface area contributed by atoms with Crippen molar-refractivity contribution in [2.45, 2.75) is 19.6 Å². The lowest BCUT2D eigenvalue weighted by molar-refractivity contribution is -0.0498. The summed E-state index contributed by atoms with van der Waals surface area (Å²) in [6.45, 7) is -0.826. The number of rotatable bonds is 5. The highest BCUT2D eigenvalue weighted by molar-refractivity contribution is 9.10. The van der Waals surface area contributed by atoms with E-state index in [4.69, 9.17) is 0 Å². The van der Waals surface area contributed by atoms with Crippen molar-refractivity contribution in [3.8, 4) is 5.75 Å². The Balaban J connectivity index is 2.03. The lowest BCUT2D eigenvalue weighted by Gasteiger charge is -2.16. The van der Waals surface area contributed by atoms with E-state index >= 15 is 0 Å². The first-order chi connectivity index (χ1) is 9.54. The van der Waals surface area contributed by atoms with Crippen LogP contribution in [0.5, 0.6) is 5.75 Å². The van der Waals surface area contributed by atoms with Crippen LogP contribution in [0.25, 0.3) is 0 Å². The molecule has 0 saturated heterocycles. The van der Waals surface area contributed by atoms with Gasteiger partial charge in [0.1, 0.15) is 5.75 Å². The van der Waals surface area contributed by atoms with Crippen LogP contribution >= 0.6 is 15.9 Å². The van der Waals surface area contributed by atoms with Gasteiger partial charge >= 0.3 is 6.61 Å². The summed E-state index contributed by atoms with van der Waals surface area (Å²) in [4.78, 5) is 4.07. The summed E-state index contributed by atoms with van der Waals surface area (Å²) in [5, 5.41) is 3.28. The molecule has 1 unspecified atom stereocenters. The smallest absolute Gasteiger partial charge is 0.387 e. The molecule has 1 heterocycles. The molecule has 1 atom stereocenters. The summed E-state index contributed by atoms with van der Waals surface area (Å²) in [5.74, 6) is 0.153. The molecule has 6 heteroatoms. The molecule has 0 fully saturated rings. The first kappa shape index (κ1) is 14.7. The fourth-order valence-corrected chi connectivity index (χ4v) is 2.13. The van der Waals surface area contributed by atoms with E-state index in [1.165, 1.54) is 12.1 Å². The molecule has 20 heavy (non-hydrogen) atoms. The van der Waals surface area contributed by atoms with Crippen LogP contribution in [0.3, 0.4) is 0 Å². The highest BCUT2D eigenvalue weighted by atomic mass is 79.9. The van der Waals surface area contributed by atoms with E-state index in [1.54, 1.807) is 24.5 Å². The van der Waals surface area contributed by atoms with E-state index in [9.17, 15) is 8.78 Å². The Morgan fingerprint density at radius 1 is 1.20 bits per heavy atom. The molecule has 1 aromatic heterocycles. The second-order valence-electron chi connectivity index (χ2n) is 4.21. The summed E-state index contributed by atoms with van der Waals surface area (Å²) < 4.78 is 29.3. The number of hydrogen-bond acceptors (Lipinski definition) is 3. The van der Waals surface area contributed by atoms with Gasteiger partial charge in [-0.3, -0.25) is 4.98 Å². The van der Waals surface area contributed by atoms with Crippen molar-refractivity contribution >= 4 is 21.6 Å². The molecule has 0 saturated carbocycles. The van der Waals surface area contributed by atoms with E-state index in [2.05, 4.69) is 31.0 Å². The fraction of sp³-hybridized carbons (Fsp3) is 0.214. The van der Waals surface area contributed by atoms with Crippen LogP contribution in [-0.4, -0.2) is 11.6 Å². The Hall–Kier alpha value is -1.69. The normalized spacial score (nSPS) is 12.2. The first-order valence-corrected chi connectivity index (χ1v) is 6.76. The molecule has 0 aliphatic heterocycles. The van der Waals surface area contributed by atoms with Crippen molar-refractivity contribution in [1.82, 2.24) is 4.98 Å². The Morgan fingerprint density at radius 2 is 1.90 bits per heavy atom. The van der Waals surface area contributed by atoms with Crippen molar-refractivity contribution in [3.05, 3.63) is 52.8 Å². The van der Waals surface area contributed by atoms with Crippen LogP contribution in [0.4, 0.5) is 14.5 Å². The molecule has 0 aliphatic rings. The molecule has 2 aromatic rings. The molecule has 1 N–H and O–H groups in total. The standard InChI is InChI=1S/C14H13BrF2N2O/c1-9(19-12-6-11(15)7-18-8-12)10-2-4-13(5-3-10)20-14(16)17/h2-9,14,19H,1H3. The maximum absolute atomic E-state index is 12.1. The molecule has 3 nitrogen and oxygen atoms in total. The van der Waals surface area contributed by atoms with Crippen LogP contribution < -0.4 is 10.1 Å². The number of hydrogen-bond donors (Lipinski definition) is 1. The molecule has 0 spiro atoms. The van der Waals surface area contributed by atoms with Gasteiger partial charge in [0.15, 0.2) is 0 Å². The second kappa shape index (κ2) is 6.65. The number of nitrogens with zero attached hydrogens (tertiary/aromatic N) is 1. The third kappa shape index (κ3) is 4.16. The van der Waals surface area contributed by atoms with Gasteiger partial charge in [-0.25, -0.2) is 0 Å². The van der Waals surface area contributed by atoms with E-state index < -0.39 is 6.61 Å². The van der Waals surface area contributed by atoms with E-state index in [1.807, 2.05) is 13.0 Å². The number of alkyl halides is 2. The Bertz CT molecular complexity index is 563. The predicted octanol–water partition coefficient (Wildman–Crippen LogP) is 4.62. The molecule has 0 amide bonds. The average molecular weight is 343 g/mol. The summed E-state index contributed by atoms with van der Waals surface area (Å²) in [7, 11) is 0. The number of anilines is 1. The summed E-state index contributed by atoms with van der Waals surface area (Å²) in [5.41, 5.74) is 1.84. The Morgan fingerprint density at radius 3 is 2.50 bits per heavy atom.